The van der Waals surface area contributed by atoms with Crippen LogP contribution >= 0.6 is 0 Å². The van der Waals surface area contributed by atoms with E-state index in [2.05, 4.69) is 0 Å². The Labute approximate surface area is 102 Å². The predicted molar refractivity (Wildman–Crippen MR) is 62.4 cm³/mol. The normalized spacial score (nSPS) is 21.8. The van der Waals surface area contributed by atoms with Gasteiger partial charge in [0.15, 0.2) is 0 Å². The summed E-state index contributed by atoms with van der Waals surface area (Å²) in [5.74, 6) is -0.180. The molecule has 17 heavy (non-hydrogen) atoms. The van der Waals surface area contributed by atoms with Gasteiger partial charge in [0.05, 0.1) is 18.6 Å². The van der Waals surface area contributed by atoms with Gasteiger partial charge in [-0.2, -0.15) is 0 Å². The first-order chi connectivity index (χ1) is 7.97. The monoisotopic (exact) mass is 243 g/mol. The molecule has 1 aliphatic rings. The second kappa shape index (κ2) is 6.00. The van der Waals surface area contributed by atoms with E-state index in [0.29, 0.717) is 6.42 Å². The zero-order valence-electron chi connectivity index (χ0n) is 10.7. The molecule has 1 rings (SSSR count). The van der Waals surface area contributed by atoms with E-state index in [0.717, 1.165) is 11.3 Å². The molecule has 0 spiro atoms. The Hall–Kier alpha value is -1.10. The molecule has 0 saturated carbocycles. The maximum atomic E-state index is 11.9. The van der Waals surface area contributed by atoms with Crippen molar-refractivity contribution in [2.75, 3.05) is 6.61 Å². The van der Waals surface area contributed by atoms with Gasteiger partial charge in [-0.3, -0.25) is 4.79 Å². The fourth-order valence-electron chi connectivity index (χ4n) is 1.95. The SMILES string of the molecule is CCC[C@@H](O)CC(=O)N1C(=O)OC[C@@H]1C(C)C. The number of carbonyl (C=O) groups is 2. The van der Waals surface area contributed by atoms with Crippen LogP contribution in [0.1, 0.15) is 40.0 Å². The summed E-state index contributed by atoms with van der Waals surface area (Å²) in [5.41, 5.74) is 0. The van der Waals surface area contributed by atoms with Crippen LogP contribution in [0, 0.1) is 5.92 Å². The van der Waals surface area contributed by atoms with Gasteiger partial charge < -0.3 is 9.84 Å². The number of nitrogens with zero attached hydrogens (tertiary/aromatic N) is 1. The molecule has 1 fully saturated rings. The third kappa shape index (κ3) is 3.43. The first-order valence-corrected chi connectivity index (χ1v) is 6.14. The van der Waals surface area contributed by atoms with E-state index in [1.165, 1.54) is 0 Å². The van der Waals surface area contributed by atoms with Crippen molar-refractivity contribution < 1.29 is 19.4 Å². The van der Waals surface area contributed by atoms with Gasteiger partial charge in [-0.25, -0.2) is 9.69 Å². The Morgan fingerprint density at radius 1 is 1.59 bits per heavy atom. The summed E-state index contributed by atoms with van der Waals surface area (Å²) in [5, 5.41) is 9.59. The van der Waals surface area contributed by atoms with Crippen molar-refractivity contribution in [1.82, 2.24) is 4.90 Å². The van der Waals surface area contributed by atoms with Crippen LogP contribution < -0.4 is 0 Å². The lowest BCUT2D eigenvalue weighted by Gasteiger charge is -2.23. The molecule has 1 aliphatic heterocycles. The summed E-state index contributed by atoms with van der Waals surface area (Å²) in [6, 6.07) is -0.205. The highest BCUT2D eigenvalue weighted by Gasteiger charge is 2.39. The molecule has 2 amide bonds. The van der Waals surface area contributed by atoms with Crippen LogP contribution in [0.15, 0.2) is 0 Å². The minimum atomic E-state index is -0.672. The lowest BCUT2D eigenvalue weighted by molar-refractivity contribution is -0.131. The average molecular weight is 243 g/mol. The molecule has 0 aromatic heterocycles. The summed E-state index contributed by atoms with van der Waals surface area (Å²) >= 11 is 0. The fraction of sp³-hybridized carbons (Fsp3) is 0.833. The summed E-state index contributed by atoms with van der Waals surface area (Å²) < 4.78 is 4.89. The third-order valence-electron chi connectivity index (χ3n) is 2.98. The molecular formula is C12H21NO4. The number of carbonyl (C=O) groups excluding carboxylic acids is 2. The van der Waals surface area contributed by atoms with E-state index in [1.807, 2.05) is 20.8 Å². The fourth-order valence-corrected chi connectivity index (χ4v) is 1.95. The number of ether oxygens (including phenoxy) is 1. The van der Waals surface area contributed by atoms with Gasteiger partial charge >= 0.3 is 6.09 Å². The number of hydrogen-bond donors (Lipinski definition) is 1. The number of aliphatic hydroxyl groups is 1. The zero-order chi connectivity index (χ0) is 13.0. The highest BCUT2D eigenvalue weighted by atomic mass is 16.6. The van der Waals surface area contributed by atoms with Crippen LogP contribution in [0.2, 0.25) is 0 Å². The van der Waals surface area contributed by atoms with Gasteiger partial charge in [0.1, 0.15) is 6.61 Å². The Bertz CT molecular complexity index is 290. The van der Waals surface area contributed by atoms with Crippen molar-refractivity contribution in [3.63, 3.8) is 0 Å². The van der Waals surface area contributed by atoms with Crippen LogP contribution in [-0.2, 0) is 9.53 Å². The van der Waals surface area contributed by atoms with E-state index in [4.69, 9.17) is 4.74 Å². The molecule has 0 radical (unpaired) electrons. The Balaban J connectivity index is 2.62. The van der Waals surface area contributed by atoms with E-state index < -0.39 is 12.2 Å². The molecule has 5 heteroatoms. The van der Waals surface area contributed by atoms with Crippen LogP contribution in [-0.4, -0.2) is 40.8 Å². The molecule has 1 heterocycles. The molecule has 5 nitrogen and oxygen atoms in total. The smallest absolute Gasteiger partial charge is 0.416 e. The van der Waals surface area contributed by atoms with Gasteiger partial charge in [-0.05, 0) is 12.3 Å². The van der Waals surface area contributed by atoms with Crippen molar-refractivity contribution in [3.05, 3.63) is 0 Å². The first kappa shape index (κ1) is 14.0. The average Bonchev–Trinajstić information content (AvgIpc) is 2.60. The van der Waals surface area contributed by atoms with Crippen LogP contribution in [0.3, 0.4) is 0 Å². The number of hydrogen-bond acceptors (Lipinski definition) is 4. The highest BCUT2D eigenvalue weighted by Crippen LogP contribution is 2.21. The largest absolute Gasteiger partial charge is 0.447 e. The van der Waals surface area contributed by atoms with Crippen molar-refractivity contribution >= 4 is 12.0 Å². The minimum absolute atomic E-state index is 0.00778. The summed E-state index contributed by atoms with van der Waals surface area (Å²) in [7, 11) is 0. The second-order valence-corrected chi connectivity index (χ2v) is 4.80. The molecule has 2 atom stereocenters. The summed E-state index contributed by atoms with van der Waals surface area (Å²) in [6.45, 7) is 6.08. The predicted octanol–water partition coefficient (Wildman–Crippen LogP) is 1.54. The maximum Gasteiger partial charge on any atom is 0.416 e. The van der Waals surface area contributed by atoms with E-state index >= 15 is 0 Å². The number of cyclic esters (lactones) is 1. The topological polar surface area (TPSA) is 66.8 Å². The van der Waals surface area contributed by atoms with Crippen molar-refractivity contribution in [3.8, 4) is 0 Å². The number of aliphatic hydroxyl groups excluding tert-OH is 1. The van der Waals surface area contributed by atoms with E-state index in [9.17, 15) is 14.7 Å². The van der Waals surface area contributed by atoms with Gasteiger partial charge in [0.2, 0.25) is 5.91 Å². The standard InChI is InChI=1S/C12H21NO4/c1-4-5-9(14)6-11(15)13-10(8(2)3)7-17-12(13)16/h8-10,14H,4-7H2,1-3H3/t9-,10-/m1/s1. The third-order valence-corrected chi connectivity index (χ3v) is 2.98. The highest BCUT2D eigenvalue weighted by molar-refractivity contribution is 5.93. The first-order valence-electron chi connectivity index (χ1n) is 6.14. The molecule has 0 aliphatic carbocycles. The van der Waals surface area contributed by atoms with E-state index in [1.54, 1.807) is 0 Å². The summed E-state index contributed by atoms with van der Waals surface area (Å²) in [6.07, 6.45) is 0.116. The molecule has 98 valence electrons. The van der Waals surface area contributed by atoms with Crippen LogP contribution in [0.25, 0.3) is 0 Å². The van der Waals surface area contributed by atoms with Gasteiger partial charge in [-0.15, -0.1) is 0 Å². The summed E-state index contributed by atoms with van der Waals surface area (Å²) in [4.78, 5) is 24.5. The molecule has 0 unspecified atom stereocenters. The molecule has 0 bridgehead atoms. The second-order valence-electron chi connectivity index (χ2n) is 4.80. The van der Waals surface area contributed by atoms with Gasteiger partial charge in [0.25, 0.3) is 0 Å². The van der Waals surface area contributed by atoms with Crippen LogP contribution in [0.4, 0.5) is 4.79 Å². The Morgan fingerprint density at radius 2 is 2.24 bits per heavy atom. The van der Waals surface area contributed by atoms with Gasteiger partial charge in [-0.1, -0.05) is 27.2 Å². The van der Waals surface area contributed by atoms with Gasteiger partial charge in [0, 0.05) is 0 Å². The Morgan fingerprint density at radius 3 is 2.76 bits per heavy atom. The molecular weight excluding hydrogens is 222 g/mol. The zero-order valence-corrected chi connectivity index (χ0v) is 10.7. The number of rotatable bonds is 5. The Kier molecular flexibility index (Phi) is 4.93. The number of amides is 2. The lowest BCUT2D eigenvalue weighted by Crippen LogP contribution is -2.42. The molecule has 0 aromatic rings. The minimum Gasteiger partial charge on any atom is -0.447 e. The lowest BCUT2D eigenvalue weighted by atomic mass is 10.0. The maximum absolute atomic E-state index is 11.9. The molecule has 1 N–H and O–H groups in total. The van der Waals surface area contributed by atoms with E-state index in [-0.39, 0.29) is 30.9 Å². The van der Waals surface area contributed by atoms with Crippen molar-refractivity contribution in [2.45, 2.75) is 52.2 Å². The quantitative estimate of drug-likeness (QED) is 0.795. The molecule has 0 aromatic carbocycles. The number of imide groups is 1. The van der Waals surface area contributed by atoms with Crippen molar-refractivity contribution in [1.29, 1.82) is 0 Å². The molecule has 1 saturated heterocycles. The van der Waals surface area contributed by atoms with Crippen LogP contribution in [0.5, 0.6) is 0 Å². The van der Waals surface area contributed by atoms with Crippen molar-refractivity contribution in [2.24, 2.45) is 5.92 Å².